The summed E-state index contributed by atoms with van der Waals surface area (Å²) in [5, 5.41) is 0. The Labute approximate surface area is 131 Å². The summed E-state index contributed by atoms with van der Waals surface area (Å²) in [5.41, 5.74) is 2.35. The van der Waals surface area contributed by atoms with Crippen molar-refractivity contribution in [3.63, 3.8) is 0 Å². The zero-order valence-electron chi connectivity index (χ0n) is 13.4. The Morgan fingerprint density at radius 2 is 1.64 bits per heavy atom. The number of ether oxygens (including phenoxy) is 2. The molecule has 0 radical (unpaired) electrons. The van der Waals surface area contributed by atoms with Crippen molar-refractivity contribution in [1.82, 2.24) is 0 Å². The molecule has 0 unspecified atom stereocenters. The van der Waals surface area contributed by atoms with Crippen molar-refractivity contribution >= 4 is 11.6 Å². The smallest absolute Gasteiger partial charge is 0.258 e. The number of anilines is 1. The van der Waals surface area contributed by atoms with Gasteiger partial charge in [-0.3, -0.25) is 4.79 Å². The molecule has 116 valence electrons. The summed E-state index contributed by atoms with van der Waals surface area (Å²) in [7, 11) is 3.15. The Hall–Kier alpha value is -2.49. The van der Waals surface area contributed by atoms with Crippen LogP contribution in [0.5, 0.6) is 11.5 Å². The molecule has 0 bridgehead atoms. The van der Waals surface area contributed by atoms with Gasteiger partial charge in [0.2, 0.25) is 0 Å². The second kappa shape index (κ2) is 6.98. The first-order chi connectivity index (χ1) is 10.6. The Bertz CT molecular complexity index is 653. The number of amides is 1. The van der Waals surface area contributed by atoms with E-state index in [1.54, 1.807) is 25.2 Å². The first-order valence-corrected chi connectivity index (χ1v) is 7.21. The van der Waals surface area contributed by atoms with Crippen LogP contribution in [0.4, 0.5) is 5.69 Å². The average Bonchev–Trinajstić information content (AvgIpc) is 2.56. The summed E-state index contributed by atoms with van der Waals surface area (Å²) in [6.07, 6.45) is 0. The van der Waals surface area contributed by atoms with Crippen molar-refractivity contribution in [2.24, 2.45) is 0 Å². The van der Waals surface area contributed by atoms with Gasteiger partial charge in [-0.15, -0.1) is 0 Å². The molecule has 0 heterocycles. The first-order valence-electron chi connectivity index (χ1n) is 7.21. The molecule has 4 heteroatoms. The number of methoxy groups -OCH3 is 2. The molecule has 0 spiro atoms. The van der Waals surface area contributed by atoms with E-state index in [1.807, 2.05) is 50.2 Å². The van der Waals surface area contributed by atoms with Gasteiger partial charge in [-0.25, -0.2) is 0 Å². The second-order valence-corrected chi connectivity index (χ2v) is 4.91. The SMILES string of the molecule is CCN(C(=O)c1cc(OC)c(OC)cc1C)c1ccccc1. The van der Waals surface area contributed by atoms with Gasteiger partial charge in [0.25, 0.3) is 5.91 Å². The number of hydrogen-bond acceptors (Lipinski definition) is 3. The lowest BCUT2D eigenvalue weighted by molar-refractivity contribution is 0.0987. The van der Waals surface area contributed by atoms with Crippen LogP contribution in [0.15, 0.2) is 42.5 Å². The number of nitrogens with zero attached hydrogens (tertiary/aromatic N) is 1. The molecule has 1 amide bonds. The number of rotatable bonds is 5. The molecule has 0 aliphatic heterocycles. The highest BCUT2D eigenvalue weighted by Gasteiger charge is 2.20. The van der Waals surface area contributed by atoms with Crippen LogP contribution in [-0.4, -0.2) is 26.7 Å². The van der Waals surface area contributed by atoms with Crippen molar-refractivity contribution in [3.05, 3.63) is 53.6 Å². The van der Waals surface area contributed by atoms with Crippen molar-refractivity contribution in [2.45, 2.75) is 13.8 Å². The van der Waals surface area contributed by atoms with Gasteiger partial charge in [-0.1, -0.05) is 18.2 Å². The predicted molar refractivity (Wildman–Crippen MR) is 88.1 cm³/mol. The summed E-state index contributed by atoms with van der Waals surface area (Å²) >= 11 is 0. The molecular formula is C18H21NO3. The van der Waals surface area contributed by atoms with Gasteiger partial charge in [0.05, 0.1) is 14.2 Å². The lowest BCUT2D eigenvalue weighted by atomic mass is 10.1. The molecule has 0 aliphatic rings. The molecule has 0 aromatic heterocycles. The lowest BCUT2D eigenvalue weighted by Gasteiger charge is -2.22. The first kappa shape index (κ1) is 15.9. The third-order valence-electron chi connectivity index (χ3n) is 3.59. The Kier molecular flexibility index (Phi) is 5.04. The van der Waals surface area contributed by atoms with E-state index in [4.69, 9.17) is 9.47 Å². The predicted octanol–water partition coefficient (Wildman–Crippen LogP) is 3.68. The fourth-order valence-electron chi connectivity index (χ4n) is 2.41. The van der Waals surface area contributed by atoms with Crippen LogP contribution in [-0.2, 0) is 0 Å². The molecule has 0 saturated carbocycles. The molecule has 0 N–H and O–H groups in total. The maximum atomic E-state index is 12.9. The minimum absolute atomic E-state index is 0.0489. The zero-order valence-corrected chi connectivity index (χ0v) is 13.4. The highest BCUT2D eigenvalue weighted by Crippen LogP contribution is 2.31. The topological polar surface area (TPSA) is 38.8 Å². The molecule has 0 atom stereocenters. The van der Waals surface area contributed by atoms with E-state index in [9.17, 15) is 4.79 Å². The normalized spacial score (nSPS) is 10.2. The van der Waals surface area contributed by atoms with Gasteiger partial charge in [0, 0.05) is 17.8 Å². The molecule has 4 nitrogen and oxygen atoms in total. The van der Waals surface area contributed by atoms with Gasteiger partial charge in [0.15, 0.2) is 11.5 Å². The molecule has 0 saturated heterocycles. The lowest BCUT2D eigenvalue weighted by Crippen LogP contribution is -2.31. The number of carbonyl (C=O) groups excluding carboxylic acids is 1. The summed E-state index contributed by atoms with van der Waals surface area (Å²) in [4.78, 5) is 14.6. The van der Waals surface area contributed by atoms with Crippen LogP contribution < -0.4 is 14.4 Å². The van der Waals surface area contributed by atoms with Gasteiger partial charge in [-0.2, -0.15) is 0 Å². The molecule has 2 aromatic carbocycles. The van der Waals surface area contributed by atoms with Gasteiger partial charge < -0.3 is 14.4 Å². The quantitative estimate of drug-likeness (QED) is 0.845. The van der Waals surface area contributed by atoms with E-state index in [-0.39, 0.29) is 5.91 Å². The van der Waals surface area contributed by atoms with Crippen LogP contribution in [0.1, 0.15) is 22.8 Å². The highest BCUT2D eigenvalue weighted by molar-refractivity contribution is 6.07. The molecule has 2 aromatic rings. The molecule has 0 aliphatic carbocycles. The molecule has 2 rings (SSSR count). The summed E-state index contributed by atoms with van der Waals surface area (Å²) in [6.45, 7) is 4.45. The van der Waals surface area contributed by atoms with E-state index >= 15 is 0 Å². The highest BCUT2D eigenvalue weighted by atomic mass is 16.5. The minimum atomic E-state index is -0.0489. The van der Waals surface area contributed by atoms with Crippen molar-refractivity contribution < 1.29 is 14.3 Å². The van der Waals surface area contributed by atoms with E-state index in [2.05, 4.69) is 0 Å². The van der Waals surface area contributed by atoms with Crippen LogP contribution in [0.2, 0.25) is 0 Å². The minimum Gasteiger partial charge on any atom is -0.493 e. The van der Waals surface area contributed by atoms with Crippen molar-refractivity contribution in [3.8, 4) is 11.5 Å². The number of benzene rings is 2. The van der Waals surface area contributed by atoms with Crippen LogP contribution in [0.25, 0.3) is 0 Å². The van der Waals surface area contributed by atoms with Gasteiger partial charge in [0.1, 0.15) is 0 Å². The van der Waals surface area contributed by atoms with Crippen LogP contribution in [0.3, 0.4) is 0 Å². The zero-order chi connectivity index (χ0) is 16.1. The molecule has 0 fully saturated rings. The molecular weight excluding hydrogens is 278 g/mol. The fourth-order valence-corrected chi connectivity index (χ4v) is 2.41. The van der Waals surface area contributed by atoms with Crippen LogP contribution in [0, 0.1) is 6.92 Å². The third-order valence-corrected chi connectivity index (χ3v) is 3.59. The summed E-state index contributed by atoms with van der Waals surface area (Å²) < 4.78 is 10.6. The van der Waals surface area contributed by atoms with Crippen LogP contribution >= 0.6 is 0 Å². The van der Waals surface area contributed by atoms with E-state index in [0.29, 0.717) is 23.6 Å². The van der Waals surface area contributed by atoms with E-state index in [0.717, 1.165) is 11.3 Å². The monoisotopic (exact) mass is 299 g/mol. The molecule has 22 heavy (non-hydrogen) atoms. The second-order valence-electron chi connectivity index (χ2n) is 4.91. The standard InChI is InChI=1S/C18H21NO3/c1-5-19(14-9-7-6-8-10-14)18(20)15-12-17(22-4)16(21-3)11-13(15)2/h6-12H,5H2,1-4H3. The fraction of sp³-hybridized carbons (Fsp3) is 0.278. The Balaban J connectivity index is 2.44. The maximum Gasteiger partial charge on any atom is 0.258 e. The number of para-hydroxylation sites is 1. The number of hydrogen-bond donors (Lipinski definition) is 0. The number of aryl methyl sites for hydroxylation is 1. The van der Waals surface area contributed by atoms with Crippen molar-refractivity contribution in [2.75, 3.05) is 25.7 Å². The number of carbonyl (C=O) groups is 1. The average molecular weight is 299 g/mol. The van der Waals surface area contributed by atoms with E-state index in [1.165, 1.54) is 0 Å². The van der Waals surface area contributed by atoms with Crippen molar-refractivity contribution in [1.29, 1.82) is 0 Å². The Morgan fingerprint density at radius 1 is 1.05 bits per heavy atom. The van der Waals surface area contributed by atoms with E-state index < -0.39 is 0 Å². The third kappa shape index (κ3) is 3.06. The maximum absolute atomic E-state index is 12.9. The summed E-state index contributed by atoms with van der Waals surface area (Å²) in [6, 6.07) is 13.2. The van der Waals surface area contributed by atoms with Gasteiger partial charge >= 0.3 is 0 Å². The Morgan fingerprint density at radius 3 is 2.18 bits per heavy atom. The largest absolute Gasteiger partial charge is 0.493 e. The summed E-state index contributed by atoms with van der Waals surface area (Å²) in [5.74, 6) is 1.13. The van der Waals surface area contributed by atoms with Gasteiger partial charge in [-0.05, 0) is 43.7 Å².